The van der Waals surface area contributed by atoms with Crippen LogP contribution in [-0.4, -0.2) is 37.0 Å². The van der Waals surface area contributed by atoms with E-state index in [0.29, 0.717) is 12.1 Å². The predicted octanol–water partition coefficient (Wildman–Crippen LogP) is 6.69. The normalized spacial score (nSPS) is 20.9. The Morgan fingerprint density at radius 3 is 2.29 bits per heavy atom. The molecule has 0 bridgehead atoms. The minimum absolute atomic E-state index is 0.0936. The van der Waals surface area contributed by atoms with Gasteiger partial charge in [-0.3, -0.25) is 5.32 Å². The zero-order chi connectivity index (χ0) is 25.9. The maximum absolute atomic E-state index is 13.5. The smallest absolute Gasteiger partial charge is 0.412 e. The second-order valence-corrected chi connectivity index (χ2v) is 12.8. The van der Waals surface area contributed by atoms with Gasteiger partial charge in [0.1, 0.15) is 16.3 Å². The monoisotopic (exact) mass is 504 g/mol. The highest BCUT2D eigenvalue weighted by Crippen LogP contribution is 2.48. The topological polar surface area (TPSA) is 95.9 Å². The number of aliphatic hydroxyl groups is 1. The first-order chi connectivity index (χ1) is 16.4. The Hall–Kier alpha value is -2.48. The molecule has 3 rings (SSSR count). The number of rotatable bonds is 8. The summed E-state index contributed by atoms with van der Waals surface area (Å²) in [7, 11) is -3.62. The minimum Gasteiger partial charge on any atom is -0.507 e. The number of nitrogens with one attached hydrogen (secondary N) is 1. The van der Waals surface area contributed by atoms with E-state index in [1.807, 2.05) is 17.0 Å². The lowest BCUT2D eigenvalue weighted by molar-refractivity contribution is 0.0636. The van der Waals surface area contributed by atoms with Crippen LogP contribution < -0.4 is 10.2 Å². The van der Waals surface area contributed by atoms with Crippen LogP contribution in [0.5, 0.6) is 0 Å². The highest BCUT2D eigenvalue weighted by Gasteiger charge is 2.49. The molecule has 0 radical (unpaired) electrons. The number of unbranched alkanes of at least 4 members (excludes halogenated alkanes) is 2. The molecule has 2 aliphatic heterocycles. The Labute approximate surface area is 210 Å². The number of anilines is 2. The van der Waals surface area contributed by atoms with Crippen molar-refractivity contribution < 1.29 is 23.1 Å². The van der Waals surface area contributed by atoms with E-state index in [-0.39, 0.29) is 21.8 Å². The summed E-state index contributed by atoms with van der Waals surface area (Å²) in [6.45, 7) is 9.67. The number of nitrogens with zero attached hydrogens (tertiary/aromatic N) is 1. The number of sulfone groups is 1. The summed E-state index contributed by atoms with van der Waals surface area (Å²) < 4.78 is 32.3. The molecule has 2 heterocycles. The molecule has 1 amide bonds. The number of hydrogen-bond donors (Lipinski definition) is 2. The number of carbonyl (C=O) groups excluding carboxylic acids is 1. The molecule has 1 aromatic rings. The Kier molecular flexibility index (Phi) is 8.25. The molecule has 0 aromatic heterocycles. The molecule has 1 aromatic carbocycles. The number of allylic oxidation sites excluding steroid dienone is 1. The number of hydrogen-bond acceptors (Lipinski definition) is 6. The molecule has 1 atom stereocenters. The number of aliphatic hydroxyl groups excluding tert-OH is 1. The average molecular weight is 505 g/mol. The van der Waals surface area contributed by atoms with E-state index in [4.69, 9.17) is 4.74 Å². The van der Waals surface area contributed by atoms with Gasteiger partial charge in [-0.15, -0.1) is 0 Å². The van der Waals surface area contributed by atoms with Gasteiger partial charge >= 0.3 is 6.09 Å². The Morgan fingerprint density at radius 2 is 1.74 bits per heavy atom. The van der Waals surface area contributed by atoms with E-state index in [1.165, 1.54) is 6.08 Å². The van der Waals surface area contributed by atoms with E-state index in [2.05, 4.69) is 19.2 Å². The van der Waals surface area contributed by atoms with Gasteiger partial charge in [-0.25, -0.2) is 13.2 Å². The van der Waals surface area contributed by atoms with Crippen molar-refractivity contribution in [2.45, 2.75) is 91.2 Å². The highest BCUT2D eigenvalue weighted by molar-refractivity contribution is 7.95. The lowest BCUT2D eigenvalue weighted by atomic mass is 9.74. The van der Waals surface area contributed by atoms with Gasteiger partial charge in [-0.2, -0.15) is 0 Å². The minimum atomic E-state index is -3.62. The van der Waals surface area contributed by atoms with E-state index in [1.54, 1.807) is 39.1 Å². The SMILES string of the molecule is CCCCC1(CCCC)CC2C(=C(O)C=CN2c2ccc(NC(=O)OC(C)(C)C)cc2)S(=O)(=O)C1. The maximum Gasteiger partial charge on any atom is 0.412 e. The zero-order valence-electron chi connectivity index (χ0n) is 21.6. The fraction of sp³-hybridized carbons (Fsp3) is 0.593. The molecule has 0 saturated carbocycles. The van der Waals surface area contributed by atoms with Crippen molar-refractivity contribution in [3.05, 3.63) is 47.2 Å². The molecule has 1 fully saturated rings. The van der Waals surface area contributed by atoms with Crippen molar-refractivity contribution in [2.24, 2.45) is 5.41 Å². The molecular formula is C27H40N2O5S. The second-order valence-electron chi connectivity index (χ2n) is 10.8. The fourth-order valence-electron chi connectivity index (χ4n) is 5.12. The molecular weight excluding hydrogens is 464 g/mol. The average Bonchev–Trinajstić information content (AvgIpc) is 2.75. The van der Waals surface area contributed by atoms with Crippen LogP contribution in [0.15, 0.2) is 47.2 Å². The summed E-state index contributed by atoms with van der Waals surface area (Å²) in [4.78, 5) is 14.2. The van der Waals surface area contributed by atoms with Crippen LogP contribution in [0.3, 0.4) is 0 Å². The van der Waals surface area contributed by atoms with Crippen molar-refractivity contribution in [1.29, 1.82) is 0 Å². The number of ether oxygens (including phenoxy) is 1. The van der Waals surface area contributed by atoms with Gasteiger partial charge in [0.25, 0.3) is 0 Å². The first kappa shape index (κ1) is 27.1. The van der Waals surface area contributed by atoms with Crippen molar-refractivity contribution in [3.8, 4) is 0 Å². The Bertz CT molecular complexity index is 1060. The molecule has 2 N–H and O–H groups in total. The van der Waals surface area contributed by atoms with Crippen LogP contribution in [-0.2, 0) is 14.6 Å². The Balaban J connectivity index is 1.90. The molecule has 1 unspecified atom stereocenters. The largest absolute Gasteiger partial charge is 0.507 e. The van der Waals surface area contributed by atoms with E-state index in [0.717, 1.165) is 44.2 Å². The third-order valence-electron chi connectivity index (χ3n) is 6.67. The number of carbonyl (C=O) groups is 1. The summed E-state index contributed by atoms with van der Waals surface area (Å²) in [6.07, 6.45) is 9.08. The van der Waals surface area contributed by atoms with Crippen LogP contribution in [0.25, 0.3) is 0 Å². The standard InChI is InChI=1S/C27H40N2O5S/c1-6-8-15-27(16-9-7-2)18-22-24(35(32,33)19-27)23(30)14-17-29(22)21-12-10-20(11-13-21)28-25(31)34-26(3,4)5/h10-14,17,22,30H,6-9,15-16,18-19H2,1-5H3,(H,28,31). The summed E-state index contributed by atoms with van der Waals surface area (Å²) in [5.74, 6) is -0.0647. The Morgan fingerprint density at radius 1 is 1.14 bits per heavy atom. The van der Waals surface area contributed by atoms with Crippen molar-refractivity contribution in [2.75, 3.05) is 16.0 Å². The fourth-order valence-corrected chi connectivity index (χ4v) is 7.49. The lowest BCUT2D eigenvalue weighted by Crippen LogP contribution is -2.50. The second kappa shape index (κ2) is 10.6. The molecule has 1 saturated heterocycles. The van der Waals surface area contributed by atoms with Gasteiger partial charge in [0.15, 0.2) is 9.84 Å². The van der Waals surface area contributed by atoms with Crippen molar-refractivity contribution >= 4 is 27.3 Å². The van der Waals surface area contributed by atoms with Crippen molar-refractivity contribution in [1.82, 2.24) is 0 Å². The third kappa shape index (κ3) is 6.60. The van der Waals surface area contributed by atoms with E-state index < -0.39 is 27.6 Å². The first-order valence-electron chi connectivity index (χ1n) is 12.6. The molecule has 8 heteroatoms. The molecule has 0 spiro atoms. The van der Waals surface area contributed by atoms with Gasteiger partial charge in [0.05, 0.1) is 11.8 Å². The molecule has 7 nitrogen and oxygen atoms in total. The molecule has 2 aliphatic rings. The van der Waals surface area contributed by atoms with Crippen LogP contribution >= 0.6 is 0 Å². The highest BCUT2D eigenvalue weighted by atomic mass is 32.2. The van der Waals surface area contributed by atoms with E-state index in [9.17, 15) is 18.3 Å². The number of fused-ring (bicyclic) bond motifs is 1. The van der Waals surface area contributed by atoms with Gasteiger partial charge in [-0.05, 0) is 75.8 Å². The van der Waals surface area contributed by atoms with Crippen LogP contribution in [0.2, 0.25) is 0 Å². The quantitative estimate of drug-likeness (QED) is 0.409. The summed E-state index contributed by atoms with van der Waals surface area (Å²) in [5.41, 5.74) is 0.477. The number of amides is 1. The molecule has 35 heavy (non-hydrogen) atoms. The maximum atomic E-state index is 13.5. The van der Waals surface area contributed by atoms with Crippen LogP contribution in [0.4, 0.5) is 16.2 Å². The first-order valence-corrected chi connectivity index (χ1v) is 14.3. The lowest BCUT2D eigenvalue weighted by Gasteiger charge is -2.46. The van der Waals surface area contributed by atoms with Crippen LogP contribution in [0.1, 0.15) is 79.6 Å². The summed E-state index contributed by atoms with van der Waals surface area (Å²) in [5, 5.41) is 13.3. The zero-order valence-corrected chi connectivity index (χ0v) is 22.5. The van der Waals surface area contributed by atoms with Gasteiger partial charge in [-0.1, -0.05) is 39.5 Å². The molecule has 0 aliphatic carbocycles. The van der Waals surface area contributed by atoms with Gasteiger partial charge < -0.3 is 14.7 Å². The number of benzene rings is 1. The van der Waals surface area contributed by atoms with E-state index >= 15 is 0 Å². The third-order valence-corrected chi connectivity index (χ3v) is 8.82. The predicted molar refractivity (Wildman–Crippen MR) is 141 cm³/mol. The van der Waals surface area contributed by atoms with Gasteiger partial charge in [0, 0.05) is 17.6 Å². The molecule has 194 valence electrons. The van der Waals surface area contributed by atoms with Gasteiger partial charge in [0.2, 0.25) is 0 Å². The summed E-state index contributed by atoms with van der Waals surface area (Å²) in [6, 6.07) is 6.76. The summed E-state index contributed by atoms with van der Waals surface area (Å²) >= 11 is 0. The van der Waals surface area contributed by atoms with Crippen LogP contribution in [0, 0.1) is 5.41 Å². The van der Waals surface area contributed by atoms with Crippen molar-refractivity contribution in [3.63, 3.8) is 0 Å².